The molecule has 0 aliphatic rings. The van der Waals surface area contributed by atoms with Gasteiger partial charge in [0.1, 0.15) is 5.75 Å². The average molecular weight is 618 g/mol. The van der Waals surface area contributed by atoms with E-state index in [-0.39, 0.29) is 17.3 Å². The van der Waals surface area contributed by atoms with Crippen LogP contribution in [0.25, 0.3) is 27.6 Å². The number of hydrogen-bond donors (Lipinski definition) is 0. The van der Waals surface area contributed by atoms with Crippen molar-refractivity contribution < 1.29 is 17.9 Å². The highest BCUT2D eigenvalue weighted by molar-refractivity contribution is 9.10. The zero-order valence-electron chi connectivity index (χ0n) is 20.7. The molecule has 0 saturated carbocycles. The molecule has 0 spiro atoms. The van der Waals surface area contributed by atoms with Crippen LogP contribution in [0.2, 0.25) is 5.02 Å². The molecule has 0 saturated heterocycles. The van der Waals surface area contributed by atoms with Gasteiger partial charge in [0.05, 0.1) is 31.2 Å². The summed E-state index contributed by atoms with van der Waals surface area (Å²) in [5.41, 5.74) is 0.477. The minimum atomic E-state index is -4.66. The van der Waals surface area contributed by atoms with Crippen molar-refractivity contribution in [3.63, 3.8) is 0 Å². The Bertz CT molecular complexity index is 1750. The lowest BCUT2D eigenvalue weighted by Gasteiger charge is -2.22. The molecule has 200 valence electrons. The monoisotopic (exact) mass is 616 g/mol. The van der Waals surface area contributed by atoms with Gasteiger partial charge in [-0.2, -0.15) is 13.2 Å². The molecule has 6 nitrogen and oxygen atoms in total. The highest BCUT2D eigenvalue weighted by atomic mass is 79.9. The summed E-state index contributed by atoms with van der Waals surface area (Å²) in [6.07, 6.45) is -1.63. The highest BCUT2D eigenvalue weighted by Crippen LogP contribution is 2.37. The smallest absolute Gasteiger partial charge is 0.436 e. The van der Waals surface area contributed by atoms with Crippen LogP contribution >= 0.6 is 27.5 Å². The van der Waals surface area contributed by atoms with E-state index in [4.69, 9.17) is 16.3 Å². The number of rotatable bonds is 6. The van der Waals surface area contributed by atoms with Crippen LogP contribution in [0, 0.1) is 0 Å². The Morgan fingerprint density at radius 1 is 1.00 bits per heavy atom. The van der Waals surface area contributed by atoms with Crippen molar-refractivity contribution in [3.8, 4) is 22.6 Å². The SMILES string of the molecule is CCC(c1ccc2ccc(Br)cc2c1)n1cc(OC)c(-c2cc(Cl)ccc2-n2cc(C(F)(F)F)nn2)cc1=O. The van der Waals surface area contributed by atoms with E-state index >= 15 is 0 Å². The van der Waals surface area contributed by atoms with E-state index in [1.54, 1.807) is 16.8 Å². The number of methoxy groups -OCH3 is 1. The highest BCUT2D eigenvalue weighted by Gasteiger charge is 2.35. The van der Waals surface area contributed by atoms with E-state index in [1.807, 2.05) is 37.3 Å². The quantitative estimate of drug-likeness (QED) is 0.196. The first-order valence-electron chi connectivity index (χ1n) is 11.9. The van der Waals surface area contributed by atoms with Gasteiger partial charge >= 0.3 is 6.18 Å². The molecule has 11 heteroatoms. The molecule has 2 heterocycles. The van der Waals surface area contributed by atoms with Gasteiger partial charge in [-0.05, 0) is 59.2 Å². The van der Waals surface area contributed by atoms with Gasteiger partial charge in [0, 0.05) is 26.7 Å². The molecular formula is C28H21BrClF3N4O2. The summed E-state index contributed by atoms with van der Waals surface area (Å²) in [5.74, 6) is 0.344. The molecule has 0 bridgehead atoms. The summed E-state index contributed by atoms with van der Waals surface area (Å²) < 4.78 is 48.7. The van der Waals surface area contributed by atoms with E-state index in [0.29, 0.717) is 28.3 Å². The third-order valence-corrected chi connectivity index (χ3v) is 7.21. The van der Waals surface area contributed by atoms with E-state index in [1.165, 1.54) is 25.3 Å². The normalized spacial score (nSPS) is 12.6. The maximum Gasteiger partial charge on any atom is 0.436 e. The summed E-state index contributed by atoms with van der Waals surface area (Å²) >= 11 is 9.77. The number of nitrogens with zero attached hydrogens (tertiary/aromatic N) is 4. The molecule has 0 fully saturated rings. The molecule has 0 N–H and O–H groups in total. The van der Waals surface area contributed by atoms with Gasteiger partial charge < -0.3 is 9.30 Å². The zero-order chi connectivity index (χ0) is 27.9. The zero-order valence-corrected chi connectivity index (χ0v) is 23.0. The molecule has 0 aliphatic heterocycles. The van der Waals surface area contributed by atoms with Crippen LogP contribution in [0.15, 0.2) is 82.3 Å². The first-order chi connectivity index (χ1) is 18.6. The molecule has 0 radical (unpaired) electrons. The Kier molecular flexibility index (Phi) is 7.26. The minimum absolute atomic E-state index is 0.255. The van der Waals surface area contributed by atoms with E-state index in [0.717, 1.165) is 31.7 Å². The van der Waals surface area contributed by atoms with Crippen LogP contribution in [0.3, 0.4) is 0 Å². The predicted octanol–water partition coefficient (Wildman–Crippen LogP) is 7.69. The lowest BCUT2D eigenvalue weighted by Crippen LogP contribution is -2.25. The summed E-state index contributed by atoms with van der Waals surface area (Å²) in [7, 11) is 1.46. The van der Waals surface area contributed by atoms with Crippen molar-refractivity contribution in [2.24, 2.45) is 0 Å². The van der Waals surface area contributed by atoms with Crippen LogP contribution < -0.4 is 10.3 Å². The number of benzene rings is 3. The predicted molar refractivity (Wildman–Crippen MR) is 148 cm³/mol. The second kappa shape index (κ2) is 10.5. The molecule has 0 amide bonds. The Morgan fingerprint density at radius 2 is 1.77 bits per heavy atom. The fourth-order valence-corrected chi connectivity index (χ4v) is 5.17. The van der Waals surface area contributed by atoms with Gasteiger partial charge in [-0.15, -0.1) is 5.10 Å². The number of ether oxygens (including phenoxy) is 1. The Morgan fingerprint density at radius 3 is 2.46 bits per heavy atom. The maximum atomic E-state index is 13.5. The maximum absolute atomic E-state index is 13.5. The topological polar surface area (TPSA) is 61.9 Å². The Labute approximate surface area is 234 Å². The minimum Gasteiger partial charge on any atom is -0.495 e. The number of pyridine rings is 1. The molecule has 1 unspecified atom stereocenters. The number of halogens is 5. The van der Waals surface area contributed by atoms with Crippen LogP contribution in [0.5, 0.6) is 5.75 Å². The van der Waals surface area contributed by atoms with Gasteiger partial charge in [-0.1, -0.05) is 57.9 Å². The molecule has 3 aromatic carbocycles. The summed E-state index contributed by atoms with van der Waals surface area (Å²) in [6, 6.07) is 17.8. The van der Waals surface area contributed by atoms with E-state index < -0.39 is 11.9 Å². The molecular weight excluding hydrogens is 597 g/mol. The number of alkyl halides is 3. The standard InChI is InChI=1S/C28H21BrClF3N4O2/c1-3-23(17-5-4-16-6-7-19(29)11-18(16)10-17)36-14-25(39-2)22(13-27(36)38)21-12-20(30)8-9-24(21)37-15-26(34-35-37)28(31,32)33/h4-15,23H,3H2,1-2H3. The van der Waals surface area contributed by atoms with Gasteiger partial charge in [-0.25, -0.2) is 4.68 Å². The Balaban J connectivity index is 1.63. The third-order valence-electron chi connectivity index (χ3n) is 6.48. The molecule has 5 rings (SSSR count). The van der Waals surface area contributed by atoms with Crippen LogP contribution in [0.4, 0.5) is 13.2 Å². The summed E-state index contributed by atoms with van der Waals surface area (Å²) in [5, 5.41) is 9.33. The van der Waals surface area contributed by atoms with Gasteiger partial charge in [0.2, 0.25) is 0 Å². The molecule has 0 aliphatic carbocycles. The van der Waals surface area contributed by atoms with Crippen molar-refractivity contribution in [1.82, 2.24) is 19.6 Å². The van der Waals surface area contributed by atoms with Gasteiger partial charge in [0.15, 0.2) is 5.69 Å². The second-order valence-electron chi connectivity index (χ2n) is 8.88. The second-order valence-corrected chi connectivity index (χ2v) is 10.2. The molecule has 39 heavy (non-hydrogen) atoms. The first kappa shape index (κ1) is 27.0. The first-order valence-corrected chi connectivity index (χ1v) is 13.1. The van der Waals surface area contributed by atoms with Crippen LogP contribution in [-0.4, -0.2) is 26.7 Å². The third kappa shape index (κ3) is 5.31. The fourth-order valence-electron chi connectivity index (χ4n) is 4.62. The number of fused-ring (bicyclic) bond motifs is 1. The molecule has 1 atom stereocenters. The lowest BCUT2D eigenvalue weighted by atomic mass is 9.99. The average Bonchev–Trinajstić information content (AvgIpc) is 3.40. The van der Waals surface area contributed by atoms with Crippen molar-refractivity contribution >= 4 is 38.3 Å². The van der Waals surface area contributed by atoms with Crippen LogP contribution in [-0.2, 0) is 6.18 Å². The Hall–Kier alpha value is -3.63. The summed E-state index contributed by atoms with van der Waals surface area (Å²) in [4.78, 5) is 13.5. The summed E-state index contributed by atoms with van der Waals surface area (Å²) in [6.45, 7) is 1.99. The lowest BCUT2D eigenvalue weighted by molar-refractivity contribution is -0.141. The van der Waals surface area contributed by atoms with Gasteiger partial charge in [-0.3, -0.25) is 4.79 Å². The largest absolute Gasteiger partial charge is 0.495 e. The van der Waals surface area contributed by atoms with E-state index in [2.05, 4.69) is 32.3 Å². The van der Waals surface area contributed by atoms with Crippen molar-refractivity contribution in [3.05, 3.63) is 104 Å². The van der Waals surface area contributed by atoms with Crippen LogP contribution in [0.1, 0.15) is 30.6 Å². The molecule has 5 aromatic rings. The number of aromatic nitrogens is 4. The van der Waals surface area contributed by atoms with Gasteiger partial charge in [0.25, 0.3) is 5.56 Å². The van der Waals surface area contributed by atoms with Crippen molar-refractivity contribution in [2.75, 3.05) is 7.11 Å². The molecule has 2 aromatic heterocycles. The van der Waals surface area contributed by atoms with Crippen molar-refractivity contribution in [1.29, 1.82) is 0 Å². The number of hydrogen-bond acceptors (Lipinski definition) is 4. The van der Waals surface area contributed by atoms with E-state index in [9.17, 15) is 18.0 Å². The fraction of sp³-hybridized carbons (Fsp3) is 0.179. The van der Waals surface area contributed by atoms with Crippen molar-refractivity contribution in [2.45, 2.75) is 25.6 Å².